The van der Waals surface area contributed by atoms with Gasteiger partial charge in [0.2, 0.25) is 0 Å². The van der Waals surface area contributed by atoms with Crippen LogP contribution in [0.1, 0.15) is 46.5 Å². The lowest BCUT2D eigenvalue weighted by atomic mass is 9.89. The lowest BCUT2D eigenvalue weighted by Crippen LogP contribution is -2.14. The van der Waals surface area contributed by atoms with Gasteiger partial charge in [0.1, 0.15) is 12.6 Å². The Bertz CT molecular complexity index is 550. The van der Waals surface area contributed by atoms with Crippen molar-refractivity contribution in [1.29, 1.82) is 0 Å². The van der Waals surface area contributed by atoms with E-state index in [1.165, 1.54) is 0 Å². The van der Waals surface area contributed by atoms with Crippen LogP contribution in [-0.2, 0) is 14.3 Å². The lowest BCUT2D eigenvalue weighted by molar-refractivity contribution is -0.106. The summed E-state index contributed by atoms with van der Waals surface area (Å²) in [5, 5.41) is 9.71. The largest absolute Gasteiger partial charge is 0.386 e. The first-order chi connectivity index (χ1) is 10.8. The SMILES string of the molecule is CC(C)(O)/C=C/C=C(\C=O)[C@@H]1/C=C(/C=O)CC[C@H]2O[C@@]2(C)CC1. The van der Waals surface area contributed by atoms with Crippen LogP contribution < -0.4 is 0 Å². The average molecular weight is 318 g/mol. The highest BCUT2D eigenvalue weighted by molar-refractivity contribution is 5.77. The number of aliphatic hydroxyl groups is 1. The minimum absolute atomic E-state index is 0.0982. The molecule has 0 aromatic carbocycles. The van der Waals surface area contributed by atoms with Gasteiger partial charge in [0, 0.05) is 5.92 Å². The normalized spacial score (nSPS) is 34.6. The van der Waals surface area contributed by atoms with Gasteiger partial charge in [-0.25, -0.2) is 0 Å². The Morgan fingerprint density at radius 2 is 2.13 bits per heavy atom. The summed E-state index contributed by atoms with van der Waals surface area (Å²) >= 11 is 0. The molecule has 3 atom stereocenters. The Morgan fingerprint density at radius 3 is 2.74 bits per heavy atom. The van der Waals surface area contributed by atoms with E-state index in [4.69, 9.17) is 4.74 Å². The van der Waals surface area contributed by atoms with Gasteiger partial charge in [-0.05, 0) is 57.6 Å². The molecular formula is C19H26O4. The fraction of sp³-hybridized carbons (Fsp3) is 0.579. The number of rotatable bonds is 5. The maximum absolute atomic E-state index is 11.5. The highest BCUT2D eigenvalue weighted by Gasteiger charge is 2.51. The van der Waals surface area contributed by atoms with Crippen LogP contribution in [-0.4, -0.2) is 35.0 Å². The Hall–Kier alpha value is -1.52. The average Bonchev–Trinajstić information content (AvgIpc) is 3.12. The number of allylic oxidation sites excluding steroid dienone is 5. The van der Waals surface area contributed by atoms with E-state index in [2.05, 4.69) is 6.92 Å². The Balaban J connectivity index is 2.21. The molecule has 1 N–H and O–H groups in total. The van der Waals surface area contributed by atoms with Crippen LogP contribution in [0, 0.1) is 5.92 Å². The number of hydrogen-bond donors (Lipinski definition) is 1. The minimum atomic E-state index is -0.921. The molecule has 0 aromatic heterocycles. The first-order valence-corrected chi connectivity index (χ1v) is 8.18. The molecule has 1 aliphatic heterocycles. The van der Waals surface area contributed by atoms with E-state index in [0.29, 0.717) is 12.0 Å². The molecule has 23 heavy (non-hydrogen) atoms. The minimum Gasteiger partial charge on any atom is -0.386 e. The van der Waals surface area contributed by atoms with Gasteiger partial charge in [-0.2, -0.15) is 0 Å². The Labute approximate surface area is 137 Å². The second kappa shape index (κ2) is 6.93. The molecule has 1 fully saturated rings. The summed E-state index contributed by atoms with van der Waals surface area (Å²) in [6.07, 6.45) is 12.1. The molecule has 0 aromatic rings. The van der Waals surface area contributed by atoms with Gasteiger partial charge in [0.15, 0.2) is 0 Å². The van der Waals surface area contributed by atoms with Crippen LogP contribution >= 0.6 is 0 Å². The van der Waals surface area contributed by atoms with E-state index in [-0.39, 0.29) is 17.6 Å². The van der Waals surface area contributed by atoms with Crippen LogP contribution in [0.25, 0.3) is 0 Å². The van der Waals surface area contributed by atoms with Gasteiger partial charge >= 0.3 is 0 Å². The summed E-state index contributed by atoms with van der Waals surface area (Å²) in [5.41, 5.74) is 0.317. The highest BCUT2D eigenvalue weighted by atomic mass is 16.6. The van der Waals surface area contributed by atoms with Gasteiger partial charge in [-0.1, -0.05) is 24.3 Å². The van der Waals surface area contributed by atoms with Crippen molar-refractivity contribution in [3.8, 4) is 0 Å². The molecule has 2 aliphatic rings. The second-order valence-corrected chi connectivity index (χ2v) is 7.26. The number of epoxide rings is 1. The van der Waals surface area contributed by atoms with Crippen molar-refractivity contribution in [1.82, 2.24) is 0 Å². The molecule has 1 saturated heterocycles. The maximum atomic E-state index is 11.5. The van der Waals surface area contributed by atoms with Crippen LogP contribution in [0.4, 0.5) is 0 Å². The molecule has 4 nitrogen and oxygen atoms in total. The lowest BCUT2D eigenvalue weighted by Gasteiger charge is -2.15. The van der Waals surface area contributed by atoms with Gasteiger partial charge in [-0.3, -0.25) is 9.59 Å². The van der Waals surface area contributed by atoms with Crippen molar-refractivity contribution < 1.29 is 19.4 Å². The molecule has 0 spiro atoms. The molecule has 0 saturated carbocycles. The molecule has 0 bridgehead atoms. The molecule has 126 valence electrons. The third-order valence-electron chi connectivity index (χ3n) is 4.61. The van der Waals surface area contributed by atoms with E-state index in [9.17, 15) is 14.7 Å². The number of aldehydes is 2. The number of ether oxygens (including phenoxy) is 1. The monoisotopic (exact) mass is 318 g/mol. The number of hydrogen-bond acceptors (Lipinski definition) is 4. The summed E-state index contributed by atoms with van der Waals surface area (Å²) in [4.78, 5) is 22.8. The van der Waals surface area contributed by atoms with Crippen molar-refractivity contribution in [3.63, 3.8) is 0 Å². The van der Waals surface area contributed by atoms with Gasteiger partial charge in [-0.15, -0.1) is 0 Å². The second-order valence-electron chi connectivity index (χ2n) is 7.26. The molecule has 0 amide bonds. The number of carbonyl (C=O) groups is 2. The molecular weight excluding hydrogens is 292 g/mol. The number of carbonyl (C=O) groups excluding carboxylic acids is 2. The third kappa shape index (κ3) is 4.98. The molecule has 0 unspecified atom stereocenters. The van der Waals surface area contributed by atoms with Crippen molar-refractivity contribution in [2.75, 3.05) is 0 Å². The predicted molar refractivity (Wildman–Crippen MR) is 89.0 cm³/mol. The van der Waals surface area contributed by atoms with E-state index in [1.807, 2.05) is 6.08 Å². The Morgan fingerprint density at radius 1 is 1.39 bits per heavy atom. The highest BCUT2D eigenvalue weighted by Crippen LogP contribution is 2.45. The summed E-state index contributed by atoms with van der Waals surface area (Å²) in [7, 11) is 0. The molecule has 1 heterocycles. The zero-order valence-electron chi connectivity index (χ0n) is 14.1. The molecule has 0 radical (unpaired) electrons. The van der Waals surface area contributed by atoms with Crippen LogP contribution in [0.15, 0.2) is 35.5 Å². The smallest absolute Gasteiger partial charge is 0.146 e. The molecule has 4 heteroatoms. The van der Waals surface area contributed by atoms with Crippen LogP contribution in [0.5, 0.6) is 0 Å². The van der Waals surface area contributed by atoms with E-state index >= 15 is 0 Å². The van der Waals surface area contributed by atoms with Crippen LogP contribution in [0.2, 0.25) is 0 Å². The van der Waals surface area contributed by atoms with Crippen molar-refractivity contribution in [2.45, 2.75) is 63.8 Å². The summed E-state index contributed by atoms with van der Waals surface area (Å²) < 4.78 is 5.76. The van der Waals surface area contributed by atoms with Gasteiger partial charge < -0.3 is 9.84 Å². The van der Waals surface area contributed by atoms with Gasteiger partial charge in [0.05, 0.1) is 17.3 Å². The van der Waals surface area contributed by atoms with Crippen molar-refractivity contribution in [2.24, 2.45) is 5.92 Å². The fourth-order valence-electron chi connectivity index (χ4n) is 3.05. The van der Waals surface area contributed by atoms with Crippen LogP contribution in [0.3, 0.4) is 0 Å². The maximum Gasteiger partial charge on any atom is 0.146 e. The van der Waals surface area contributed by atoms with E-state index in [0.717, 1.165) is 37.4 Å². The standard InChI is InChI=1S/C19H26O4/c1-18(2,22)9-4-5-16(13-21)15-8-10-19(3)17(23-19)7-6-14(11-15)12-20/h4-5,9,11-13,15,17,22H,6-8,10H2,1-3H3/b9-4+,14-11+,16-5+/t15-,17+,19-/m0/s1. The zero-order valence-corrected chi connectivity index (χ0v) is 14.1. The first kappa shape index (κ1) is 17.8. The Kier molecular flexibility index (Phi) is 5.37. The van der Waals surface area contributed by atoms with E-state index in [1.54, 1.807) is 32.1 Å². The number of fused-ring (bicyclic) bond motifs is 1. The molecule has 1 aliphatic carbocycles. The third-order valence-corrected chi connectivity index (χ3v) is 4.61. The summed E-state index contributed by atoms with van der Waals surface area (Å²) in [6, 6.07) is 0. The predicted octanol–water partition coefficient (Wildman–Crippen LogP) is 2.91. The topological polar surface area (TPSA) is 66.9 Å². The van der Waals surface area contributed by atoms with Crippen molar-refractivity contribution in [3.05, 3.63) is 35.5 Å². The van der Waals surface area contributed by atoms with E-state index < -0.39 is 5.60 Å². The summed E-state index contributed by atoms with van der Waals surface area (Å²) in [5.74, 6) is -0.0982. The quantitative estimate of drug-likeness (QED) is 0.366. The first-order valence-electron chi connectivity index (χ1n) is 8.18. The fourth-order valence-corrected chi connectivity index (χ4v) is 3.05. The van der Waals surface area contributed by atoms with Gasteiger partial charge in [0.25, 0.3) is 0 Å². The zero-order chi connectivity index (χ0) is 17.1. The molecule has 2 rings (SSSR count). The van der Waals surface area contributed by atoms with Crippen molar-refractivity contribution >= 4 is 12.6 Å². The summed E-state index contributed by atoms with van der Waals surface area (Å²) in [6.45, 7) is 5.44.